The third kappa shape index (κ3) is 4.81. The number of anilines is 1. The van der Waals surface area contributed by atoms with Crippen molar-refractivity contribution in [1.29, 1.82) is 0 Å². The van der Waals surface area contributed by atoms with Crippen molar-refractivity contribution in [1.82, 2.24) is 40.6 Å². The van der Waals surface area contributed by atoms with Crippen molar-refractivity contribution in [2.24, 2.45) is 0 Å². The summed E-state index contributed by atoms with van der Waals surface area (Å²) in [6.07, 6.45) is 1.78. The molecule has 0 atom stereocenters. The molecule has 3 heterocycles. The number of halogens is 1. The number of tetrazole rings is 1. The Morgan fingerprint density at radius 2 is 1.83 bits per heavy atom. The van der Waals surface area contributed by atoms with Crippen molar-refractivity contribution in [3.05, 3.63) is 78.4 Å². The first-order valence-electron chi connectivity index (χ1n) is 10.1. The predicted molar refractivity (Wildman–Crippen MR) is 121 cm³/mol. The third-order valence-corrected chi connectivity index (χ3v) is 6.13. The highest BCUT2D eigenvalue weighted by Crippen LogP contribution is 2.26. The number of aryl methyl sites for hydroxylation is 1. The number of H-pyrrole nitrogens is 1. The van der Waals surface area contributed by atoms with Crippen LogP contribution in [0.25, 0.3) is 17.2 Å². The number of hydrogen-bond donors (Lipinski definition) is 2. The number of aromatic amines is 1. The van der Waals surface area contributed by atoms with E-state index in [4.69, 9.17) is 4.74 Å². The summed E-state index contributed by atoms with van der Waals surface area (Å²) in [5.41, 5.74) is 1.04. The van der Waals surface area contributed by atoms with Gasteiger partial charge in [-0.1, -0.05) is 0 Å². The lowest BCUT2D eigenvalue weighted by Crippen LogP contribution is -2.13. The summed E-state index contributed by atoms with van der Waals surface area (Å²) in [6, 6.07) is 14.7. The maximum Gasteiger partial charge on any atom is 0.261 e. The van der Waals surface area contributed by atoms with Crippen molar-refractivity contribution >= 4 is 15.7 Å². The molecule has 0 aliphatic heterocycles. The lowest BCUT2D eigenvalue weighted by atomic mass is 10.2. The van der Waals surface area contributed by atoms with Crippen LogP contribution < -0.4 is 9.46 Å². The minimum absolute atomic E-state index is 0.0584. The smallest absolute Gasteiger partial charge is 0.261 e. The number of nitrogens with zero attached hydrogens (tertiary/aromatic N) is 7. The van der Waals surface area contributed by atoms with Crippen LogP contribution in [0.2, 0.25) is 0 Å². The van der Waals surface area contributed by atoms with Gasteiger partial charge in [0.2, 0.25) is 11.7 Å². The van der Waals surface area contributed by atoms with Gasteiger partial charge in [0, 0.05) is 18.0 Å². The van der Waals surface area contributed by atoms with Gasteiger partial charge in [-0.15, -0.1) is 20.4 Å². The van der Waals surface area contributed by atoms with E-state index in [0.717, 1.165) is 23.9 Å². The summed E-state index contributed by atoms with van der Waals surface area (Å²) in [6.45, 7) is 1.87. The predicted octanol–water partition coefficient (Wildman–Crippen LogP) is 2.88. The zero-order valence-electron chi connectivity index (χ0n) is 18.0. The Kier molecular flexibility index (Phi) is 5.62. The number of rotatable bonds is 7. The average Bonchev–Trinajstić information content (AvgIpc) is 3.53. The van der Waals surface area contributed by atoms with Crippen LogP contribution in [-0.2, 0) is 10.0 Å². The quantitative estimate of drug-likeness (QED) is 0.348. The van der Waals surface area contributed by atoms with Crippen LogP contribution in [0.15, 0.2) is 71.8 Å². The molecule has 176 valence electrons. The van der Waals surface area contributed by atoms with Gasteiger partial charge in [0.05, 0.1) is 16.2 Å². The van der Waals surface area contributed by atoms with Crippen molar-refractivity contribution in [2.75, 3.05) is 4.72 Å². The Morgan fingerprint density at radius 3 is 2.49 bits per heavy atom. The fraction of sp³-hybridized carbons (Fsp3) is 0.0476. The number of aromatic nitrogens is 8. The second-order valence-electron chi connectivity index (χ2n) is 7.24. The zero-order valence-corrected chi connectivity index (χ0v) is 18.8. The summed E-state index contributed by atoms with van der Waals surface area (Å²) >= 11 is 0. The van der Waals surface area contributed by atoms with E-state index in [1.807, 2.05) is 13.0 Å². The Bertz CT molecular complexity index is 1570. The van der Waals surface area contributed by atoms with E-state index in [0.29, 0.717) is 11.6 Å². The van der Waals surface area contributed by atoms with E-state index >= 15 is 0 Å². The molecule has 14 heteroatoms. The van der Waals surface area contributed by atoms with Crippen molar-refractivity contribution in [2.45, 2.75) is 11.8 Å². The monoisotopic (exact) mass is 493 g/mol. The minimum Gasteiger partial charge on any atom is -0.438 e. The lowest BCUT2D eigenvalue weighted by molar-refractivity contribution is 0.454. The number of sulfonamides is 1. The number of benzene rings is 2. The molecule has 0 aliphatic rings. The highest BCUT2D eigenvalue weighted by molar-refractivity contribution is 7.92. The molecule has 0 saturated carbocycles. The summed E-state index contributed by atoms with van der Waals surface area (Å²) in [5, 5.41) is 25.3. The molecular formula is C21H16FN9O3S. The first-order chi connectivity index (χ1) is 16.9. The fourth-order valence-electron chi connectivity index (χ4n) is 3.08. The second-order valence-corrected chi connectivity index (χ2v) is 8.92. The molecule has 0 saturated heterocycles. The van der Waals surface area contributed by atoms with Gasteiger partial charge in [-0.3, -0.25) is 4.72 Å². The van der Waals surface area contributed by atoms with Crippen LogP contribution in [0.4, 0.5) is 10.1 Å². The topological polar surface area (TPSA) is 153 Å². The highest BCUT2D eigenvalue weighted by atomic mass is 32.2. The molecule has 0 amide bonds. The summed E-state index contributed by atoms with van der Waals surface area (Å²) in [7, 11) is -4.02. The van der Waals surface area contributed by atoms with Gasteiger partial charge in [-0.2, -0.15) is 10.3 Å². The van der Waals surface area contributed by atoms with Crippen LogP contribution in [0, 0.1) is 12.7 Å². The van der Waals surface area contributed by atoms with E-state index in [9.17, 15) is 12.8 Å². The van der Waals surface area contributed by atoms with Crippen LogP contribution in [0.3, 0.4) is 0 Å². The fourth-order valence-corrected chi connectivity index (χ4v) is 4.16. The summed E-state index contributed by atoms with van der Waals surface area (Å²) in [4.78, 5) is -0.165. The molecule has 3 aromatic heterocycles. The normalized spacial score (nSPS) is 11.4. The Morgan fingerprint density at radius 1 is 1.00 bits per heavy atom. The SMILES string of the molecule is Cc1ccn(-c2ccc(Oc3ccc(NS(=O)(=O)c4ccc(F)c(-c5nn[nH]n5)c4)cc3)nn2)n1. The molecular weight excluding hydrogens is 477 g/mol. The molecule has 35 heavy (non-hydrogen) atoms. The molecule has 0 unspecified atom stereocenters. The lowest BCUT2D eigenvalue weighted by Gasteiger charge is -2.10. The first kappa shape index (κ1) is 22.1. The van der Waals surface area contributed by atoms with Gasteiger partial charge in [0.15, 0.2) is 5.82 Å². The number of ether oxygens (including phenoxy) is 1. The van der Waals surface area contributed by atoms with Gasteiger partial charge in [-0.05, 0) is 66.7 Å². The van der Waals surface area contributed by atoms with Crippen molar-refractivity contribution in [3.8, 4) is 28.8 Å². The van der Waals surface area contributed by atoms with Crippen molar-refractivity contribution in [3.63, 3.8) is 0 Å². The van der Waals surface area contributed by atoms with Crippen LogP contribution in [0.5, 0.6) is 11.6 Å². The van der Waals surface area contributed by atoms with E-state index in [-0.39, 0.29) is 27.9 Å². The van der Waals surface area contributed by atoms with Gasteiger partial charge in [0.1, 0.15) is 11.6 Å². The number of nitrogens with one attached hydrogen (secondary N) is 2. The molecule has 0 fully saturated rings. The average molecular weight is 493 g/mol. The van der Waals surface area contributed by atoms with E-state index in [1.54, 1.807) is 35.1 Å². The van der Waals surface area contributed by atoms with Gasteiger partial charge >= 0.3 is 0 Å². The minimum atomic E-state index is -4.02. The van der Waals surface area contributed by atoms with E-state index in [1.165, 1.54) is 12.1 Å². The summed E-state index contributed by atoms with van der Waals surface area (Å²) in [5.74, 6) is 0.482. The number of hydrogen-bond acceptors (Lipinski definition) is 9. The molecule has 2 N–H and O–H groups in total. The molecule has 2 aromatic carbocycles. The van der Waals surface area contributed by atoms with Crippen LogP contribution in [0.1, 0.15) is 5.69 Å². The van der Waals surface area contributed by atoms with Crippen LogP contribution in [-0.4, -0.2) is 49.0 Å². The van der Waals surface area contributed by atoms with Gasteiger partial charge in [0.25, 0.3) is 10.0 Å². The Balaban J connectivity index is 1.28. The molecule has 0 spiro atoms. The zero-order chi connectivity index (χ0) is 24.4. The molecule has 12 nitrogen and oxygen atoms in total. The standard InChI is InChI=1S/C21H16FN9O3S/c1-13-10-11-31(27-13)19-8-9-20(24-23-19)34-15-4-2-14(3-5-15)28-35(32,33)16-6-7-18(22)17(12-16)21-25-29-30-26-21/h2-12,28H,1H3,(H,25,26,29,30). The third-order valence-electron chi connectivity index (χ3n) is 4.75. The van der Waals surface area contributed by atoms with Gasteiger partial charge < -0.3 is 4.74 Å². The Hall–Kier alpha value is -4.72. The first-order valence-corrected chi connectivity index (χ1v) is 11.6. The Labute approximate surface area is 197 Å². The highest BCUT2D eigenvalue weighted by Gasteiger charge is 2.19. The van der Waals surface area contributed by atoms with E-state index < -0.39 is 15.8 Å². The van der Waals surface area contributed by atoms with Gasteiger partial charge in [-0.25, -0.2) is 17.5 Å². The van der Waals surface area contributed by atoms with Crippen molar-refractivity contribution < 1.29 is 17.5 Å². The molecule has 5 aromatic rings. The maximum atomic E-state index is 14.1. The molecule has 0 aliphatic carbocycles. The molecule has 0 radical (unpaired) electrons. The summed E-state index contributed by atoms with van der Waals surface area (Å²) < 4.78 is 49.4. The van der Waals surface area contributed by atoms with E-state index in [2.05, 4.69) is 40.6 Å². The maximum absolute atomic E-state index is 14.1. The largest absolute Gasteiger partial charge is 0.438 e. The van der Waals surface area contributed by atoms with Crippen LogP contribution >= 0.6 is 0 Å². The molecule has 5 rings (SSSR count). The molecule has 0 bridgehead atoms. The second kappa shape index (κ2) is 8.90.